The molecule has 0 heterocycles. The van der Waals surface area contributed by atoms with Gasteiger partial charge in [-0.3, -0.25) is 0 Å². The number of carbonyl (C=O) groups excluding carboxylic acids is 1. The molecule has 0 radical (unpaired) electrons. The second-order valence-electron chi connectivity index (χ2n) is 5.13. The highest BCUT2D eigenvalue weighted by atomic mass is 16.5. The molecule has 0 aliphatic rings. The zero-order valence-electron chi connectivity index (χ0n) is 13.4. The second kappa shape index (κ2) is 7.66. The van der Waals surface area contributed by atoms with Crippen LogP contribution in [-0.2, 0) is 6.54 Å². The van der Waals surface area contributed by atoms with Gasteiger partial charge in [0, 0.05) is 13.6 Å². The Balaban J connectivity index is 2.12. The fourth-order valence-electron chi connectivity index (χ4n) is 2.17. The average molecular weight is 320 g/mol. The molecule has 2 amide bonds. The molecule has 120 valence electrons. The van der Waals surface area contributed by atoms with E-state index in [4.69, 9.17) is 15.3 Å². The van der Waals surface area contributed by atoms with Crippen molar-refractivity contribution in [3.63, 3.8) is 0 Å². The standard InChI is InChI=1S/C18H16N4O2/c1-22(12-15-5-3-4-13(8-15)10-19)18(23)21-16-9-14(11-20)6-7-17(16)24-2/h3-9H,12H2,1-2H3,(H,21,23). The number of hydrogen-bond acceptors (Lipinski definition) is 4. The molecule has 0 saturated heterocycles. The lowest BCUT2D eigenvalue weighted by molar-refractivity contribution is 0.220. The number of methoxy groups -OCH3 is 1. The van der Waals surface area contributed by atoms with E-state index in [0.29, 0.717) is 29.1 Å². The lowest BCUT2D eigenvalue weighted by atomic mass is 10.1. The first-order chi connectivity index (χ1) is 11.6. The minimum atomic E-state index is -0.342. The van der Waals surface area contributed by atoms with Crippen LogP contribution in [0.2, 0.25) is 0 Å². The number of nitriles is 2. The molecular weight excluding hydrogens is 304 g/mol. The molecule has 2 aromatic rings. The highest BCUT2D eigenvalue weighted by molar-refractivity contribution is 5.91. The molecule has 2 aromatic carbocycles. The number of benzene rings is 2. The summed E-state index contributed by atoms with van der Waals surface area (Å²) in [4.78, 5) is 13.8. The van der Waals surface area contributed by atoms with Crippen LogP contribution in [0.5, 0.6) is 5.75 Å². The molecule has 0 aliphatic carbocycles. The fourth-order valence-corrected chi connectivity index (χ4v) is 2.17. The van der Waals surface area contributed by atoms with Gasteiger partial charge in [0.05, 0.1) is 36.1 Å². The molecule has 0 aromatic heterocycles. The molecule has 24 heavy (non-hydrogen) atoms. The molecule has 0 saturated carbocycles. The Morgan fingerprint density at radius 2 is 1.88 bits per heavy atom. The minimum Gasteiger partial charge on any atom is -0.495 e. The zero-order chi connectivity index (χ0) is 17.5. The lowest BCUT2D eigenvalue weighted by Gasteiger charge is -2.19. The van der Waals surface area contributed by atoms with Crippen molar-refractivity contribution in [2.75, 3.05) is 19.5 Å². The van der Waals surface area contributed by atoms with Crippen LogP contribution in [0.25, 0.3) is 0 Å². The van der Waals surface area contributed by atoms with Gasteiger partial charge in [0.2, 0.25) is 0 Å². The Hall–Kier alpha value is -3.51. The maximum Gasteiger partial charge on any atom is 0.321 e. The first kappa shape index (κ1) is 16.9. The number of amides is 2. The fraction of sp³-hybridized carbons (Fsp3) is 0.167. The van der Waals surface area contributed by atoms with Gasteiger partial charge < -0.3 is 15.0 Å². The summed E-state index contributed by atoms with van der Waals surface area (Å²) in [6, 6.07) is 15.6. The van der Waals surface area contributed by atoms with E-state index in [2.05, 4.69) is 11.4 Å². The summed E-state index contributed by atoms with van der Waals surface area (Å²) in [5.74, 6) is 0.474. The van der Waals surface area contributed by atoms with Gasteiger partial charge in [-0.05, 0) is 35.9 Å². The Kier molecular flexibility index (Phi) is 5.38. The first-order valence-corrected chi connectivity index (χ1v) is 7.16. The molecule has 0 bridgehead atoms. The predicted molar refractivity (Wildman–Crippen MR) is 89.4 cm³/mol. The molecule has 0 aliphatic heterocycles. The minimum absolute atomic E-state index is 0.342. The third kappa shape index (κ3) is 4.02. The number of urea groups is 1. The van der Waals surface area contributed by atoms with Crippen molar-refractivity contribution in [3.05, 3.63) is 59.2 Å². The van der Waals surface area contributed by atoms with Gasteiger partial charge in [0.15, 0.2) is 0 Å². The second-order valence-corrected chi connectivity index (χ2v) is 5.13. The maximum absolute atomic E-state index is 12.4. The summed E-state index contributed by atoms with van der Waals surface area (Å²) in [6.07, 6.45) is 0. The average Bonchev–Trinajstić information content (AvgIpc) is 2.61. The maximum atomic E-state index is 12.4. The normalized spacial score (nSPS) is 9.50. The first-order valence-electron chi connectivity index (χ1n) is 7.16. The van der Waals surface area contributed by atoms with Gasteiger partial charge in [-0.2, -0.15) is 10.5 Å². The number of hydrogen-bond donors (Lipinski definition) is 1. The van der Waals surface area contributed by atoms with Crippen molar-refractivity contribution in [3.8, 4) is 17.9 Å². The van der Waals surface area contributed by atoms with Crippen molar-refractivity contribution >= 4 is 11.7 Å². The van der Waals surface area contributed by atoms with Crippen LogP contribution in [-0.4, -0.2) is 25.1 Å². The highest BCUT2D eigenvalue weighted by Crippen LogP contribution is 2.25. The van der Waals surface area contributed by atoms with E-state index < -0.39 is 0 Å². The van der Waals surface area contributed by atoms with Crippen molar-refractivity contribution in [2.45, 2.75) is 6.54 Å². The summed E-state index contributed by atoms with van der Waals surface area (Å²) >= 11 is 0. The van der Waals surface area contributed by atoms with Crippen LogP contribution in [0.3, 0.4) is 0 Å². The number of carbonyl (C=O) groups is 1. The SMILES string of the molecule is COc1ccc(C#N)cc1NC(=O)N(C)Cc1cccc(C#N)c1. The van der Waals surface area contributed by atoms with Crippen LogP contribution in [0.1, 0.15) is 16.7 Å². The number of nitrogens with one attached hydrogen (secondary N) is 1. The van der Waals surface area contributed by atoms with E-state index in [0.717, 1.165) is 5.56 Å². The molecule has 0 unspecified atom stereocenters. The highest BCUT2D eigenvalue weighted by Gasteiger charge is 2.13. The molecular formula is C18H16N4O2. The summed E-state index contributed by atoms with van der Waals surface area (Å²) < 4.78 is 5.20. The third-order valence-corrected chi connectivity index (χ3v) is 3.39. The summed E-state index contributed by atoms with van der Waals surface area (Å²) in [7, 11) is 3.14. The van der Waals surface area contributed by atoms with Gasteiger partial charge in [-0.25, -0.2) is 4.79 Å². The number of rotatable bonds is 4. The summed E-state index contributed by atoms with van der Waals surface area (Å²) in [6.45, 7) is 0.349. The van der Waals surface area contributed by atoms with Crippen LogP contribution in [0, 0.1) is 22.7 Å². The van der Waals surface area contributed by atoms with Gasteiger partial charge in [-0.15, -0.1) is 0 Å². The third-order valence-electron chi connectivity index (χ3n) is 3.39. The molecule has 0 spiro atoms. The number of anilines is 1. The predicted octanol–water partition coefficient (Wildman–Crippen LogP) is 3.10. The molecule has 6 heteroatoms. The van der Waals surface area contributed by atoms with E-state index >= 15 is 0 Å². The Morgan fingerprint density at radius 3 is 2.54 bits per heavy atom. The lowest BCUT2D eigenvalue weighted by Crippen LogP contribution is -2.31. The van der Waals surface area contributed by atoms with Gasteiger partial charge in [0.1, 0.15) is 5.75 Å². The molecule has 1 N–H and O–H groups in total. The molecule has 6 nitrogen and oxygen atoms in total. The topological polar surface area (TPSA) is 89.2 Å². The van der Waals surface area contributed by atoms with Crippen molar-refractivity contribution in [1.82, 2.24) is 4.90 Å². The van der Waals surface area contributed by atoms with Crippen molar-refractivity contribution in [1.29, 1.82) is 10.5 Å². The number of ether oxygens (including phenoxy) is 1. The van der Waals surface area contributed by atoms with Crippen LogP contribution in [0.4, 0.5) is 10.5 Å². The Bertz CT molecular complexity index is 834. The van der Waals surface area contributed by atoms with Gasteiger partial charge in [0.25, 0.3) is 0 Å². The quantitative estimate of drug-likeness (QED) is 0.937. The van der Waals surface area contributed by atoms with Crippen LogP contribution < -0.4 is 10.1 Å². The Labute approximate surface area is 140 Å². The van der Waals surface area contributed by atoms with E-state index in [1.807, 2.05) is 12.1 Å². The monoisotopic (exact) mass is 320 g/mol. The molecule has 0 atom stereocenters. The van der Waals surface area contributed by atoms with Crippen molar-refractivity contribution < 1.29 is 9.53 Å². The summed E-state index contributed by atoms with van der Waals surface area (Å²) in [5, 5.41) is 20.6. The van der Waals surface area contributed by atoms with Crippen LogP contribution in [0.15, 0.2) is 42.5 Å². The van der Waals surface area contributed by atoms with Crippen molar-refractivity contribution in [2.24, 2.45) is 0 Å². The zero-order valence-corrected chi connectivity index (χ0v) is 13.4. The van der Waals surface area contributed by atoms with Crippen LogP contribution >= 0.6 is 0 Å². The van der Waals surface area contributed by atoms with E-state index in [1.165, 1.54) is 12.0 Å². The van der Waals surface area contributed by atoms with Gasteiger partial charge in [-0.1, -0.05) is 12.1 Å². The number of nitrogens with zero attached hydrogens (tertiary/aromatic N) is 3. The summed E-state index contributed by atoms with van der Waals surface area (Å²) in [5.41, 5.74) is 2.25. The van der Waals surface area contributed by atoms with E-state index in [9.17, 15) is 4.79 Å². The van der Waals surface area contributed by atoms with E-state index in [-0.39, 0.29) is 6.03 Å². The smallest absolute Gasteiger partial charge is 0.321 e. The Morgan fingerprint density at radius 1 is 1.17 bits per heavy atom. The van der Waals surface area contributed by atoms with Gasteiger partial charge >= 0.3 is 6.03 Å². The largest absolute Gasteiger partial charge is 0.495 e. The molecule has 2 rings (SSSR count). The van der Waals surface area contributed by atoms with E-state index in [1.54, 1.807) is 43.4 Å². The molecule has 0 fully saturated rings.